The molecule has 27 heavy (non-hydrogen) atoms. The van der Waals surface area contributed by atoms with Gasteiger partial charge in [0, 0.05) is 35.8 Å². The summed E-state index contributed by atoms with van der Waals surface area (Å²) >= 11 is 1.46. The van der Waals surface area contributed by atoms with Crippen molar-refractivity contribution in [1.82, 2.24) is 10.3 Å². The molecule has 2 N–H and O–H groups in total. The van der Waals surface area contributed by atoms with Gasteiger partial charge in [0.2, 0.25) is 5.91 Å². The lowest BCUT2D eigenvalue weighted by Gasteiger charge is -2.07. The summed E-state index contributed by atoms with van der Waals surface area (Å²) in [6.07, 6.45) is 5.82. The number of pyridine rings is 1. The molecule has 0 aliphatic heterocycles. The van der Waals surface area contributed by atoms with Crippen LogP contribution in [-0.4, -0.2) is 23.3 Å². The highest BCUT2D eigenvalue weighted by Gasteiger charge is 2.07. The van der Waals surface area contributed by atoms with Crippen molar-refractivity contribution in [3.63, 3.8) is 0 Å². The van der Waals surface area contributed by atoms with Crippen molar-refractivity contribution in [2.45, 2.75) is 6.42 Å². The molecule has 3 rings (SSSR count). The first kappa shape index (κ1) is 18.5. The minimum absolute atomic E-state index is 0.147. The van der Waals surface area contributed by atoms with E-state index in [1.54, 1.807) is 17.6 Å². The first-order valence-corrected chi connectivity index (χ1v) is 9.44. The quantitative estimate of drug-likeness (QED) is 0.652. The second kappa shape index (κ2) is 9.45. The number of anilines is 1. The van der Waals surface area contributed by atoms with Crippen molar-refractivity contribution < 1.29 is 9.59 Å². The van der Waals surface area contributed by atoms with Gasteiger partial charge >= 0.3 is 0 Å². The van der Waals surface area contributed by atoms with E-state index in [4.69, 9.17) is 0 Å². The van der Waals surface area contributed by atoms with Crippen molar-refractivity contribution in [3.8, 4) is 0 Å². The maximum absolute atomic E-state index is 12.1. The first-order chi connectivity index (χ1) is 13.2. The van der Waals surface area contributed by atoms with E-state index in [0.717, 1.165) is 11.3 Å². The predicted octanol–water partition coefficient (Wildman–Crippen LogP) is 4.07. The summed E-state index contributed by atoms with van der Waals surface area (Å²) in [6, 6.07) is 15.0. The topological polar surface area (TPSA) is 71.1 Å². The van der Waals surface area contributed by atoms with Crippen LogP contribution in [0.3, 0.4) is 0 Å². The second-order valence-corrected chi connectivity index (χ2v) is 6.56. The summed E-state index contributed by atoms with van der Waals surface area (Å²) in [6.45, 7) is 0.291. The van der Waals surface area contributed by atoms with Gasteiger partial charge in [0.05, 0.1) is 5.69 Å². The molecule has 3 aromatic rings. The summed E-state index contributed by atoms with van der Waals surface area (Å²) < 4.78 is 0. The molecule has 0 bridgehead atoms. The average molecular weight is 377 g/mol. The van der Waals surface area contributed by atoms with Crippen molar-refractivity contribution in [3.05, 3.63) is 82.3 Å². The molecule has 0 radical (unpaired) electrons. The van der Waals surface area contributed by atoms with Crippen LogP contribution in [0.4, 0.5) is 5.69 Å². The summed E-state index contributed by atoms with van der Waals surface area (Å²) in [7, 11) is 0. The van der Waals surface area contributed by atoms with Gasteiger partial charge < -0.3 is 10.6 Å². The molecule has 6 heteroatoms. The number of aromatic nitrogens is 1. The van der Waals surface area contributed by atoms with Crippen LogP contribution in [0, 0.1) is 0 Å². The van der Waals surface area contributed by atoms with Crippen molar-refractivity contribution in [1.29, 1.82) is 0 Å². The molecule has 2 aromatic heterocycles. The largest absolute Gasteiger partial charge is 0.351 e. The second-order valence-electron chi connectivity index (χ2n) is 5.78. The van der Waals surface area contributed by atoms with Crippen LogP contribution in [0.5, 0.6) is 0 Å². The molecule has 1 aromatic carbocycles. The maximum Gasteiger partial charge on any atom is 0.252 e. The average Bonchev–Trinajstić information content (AvgIpc) is 3.22. The molecule has 0 unspecified atom stereocenters. The van der Waals surface area contributed by atoms with Crippen LogP contribution in [-0.2, 0) is 4.79 Å². The van der Waals surface area contributed by atoms with E-state index >= 15 is 0 Å². The fourth-order valence-electron chi connectivity index (χ4n) is 2.39. The van der Waals surface area contributed by atoms with E-state index in [2.05, 4.69) is 15.6 Å². The van der Waals surface area contributed by atoms with Crippen LogP contribution in [0.25, 0.3) is 12.2 Å². The van der Waals surface area contributed by atoms with E-state index in [0.29, 0.717) is 17.8 Å². The molecule has 5 nitrogen and oxygen atoms in total. The van der Waals surface area contributed by atoms with Gasteiger partial charge in [-0.1, -0.05) is 24.3 Å². The zero-order chi connectivity index (χ0) is 18.9. The zero-order valence-electron chi connectivity index (χ0n) is 14.6. The molecular formula is C21H19N3O2S. The van der Waals surface area contributed by atoms with Crippen LogP contribution in [0.15, 0.2) is 65.5 Å². The Balaban J connectivity index is 1.49. The van der Waals surface area contributed by atoms with Crippen molar-refractivity contribution in [2.24, 2.45) is 0 Å². The number of carbonyl (C=O) groups is 2. The molecule has 0 saturated heterocycles. The molecule has 2 heterocycles. The lowest BCUT2D eigenvalue weighted by molar-refractivity contribution is -0.116. The van der Waals surface area contributed by atoms with Crippen LogP contribution in [0.1, 0.15) is 28.0 Å². The van der Waals surface area contributed by atoms with Gasteiger partial charge in [0.25, 0.3) is 5.91 Å². The van der Waals surface area contributed by atoms with Crippen LogP contribution in [0.2, 0.25) is 0 Å². The van der Waals surface area contributed by atoms with Gasteiger partial charge in [-0.15, -0.1) is 0 Å². The Morgan fingerprint density at radius 1 is 1.07 bits per heavy atom. The Morgan fingerprint density at radius 3 is 2.78 bits per heavy atom. The summed E-state index contributed by atoms with van der Waals surface area (Å²) in [5, 5.41) is 9.21. The van der Waals surface area contributed by atoms with Crippen molar-refractivity contribution >= 4 is 41.0 Å². The lowest BCUT2D eigenvalue weighted by atomic mass is 10.1. The number of thiophene rings is 1. The fourth-order valence-corrected chi connectivity index (χ4v) is 3.02. The van der Waals surface area contributed by atoms with Crippen LogP contribution >= 0.6 is 11.3 Å². The summed E-state index contributed by atoms with van der Waals surface area (Å²) in [4.78, 5) is 28.2. The highest BCUT2D eigenvalue weighted by molar-refractivity contribution is 7.08. The van der Waals surface area contributed by atoms with Gasteiger partial charge in [-0.2, -0.15) is 11.3 Å². The van der Waals surface area contributed by atoms with Gasteiger partial charge in [-0.05, 0) is 47.4 Å². The number of hydrogen-bond acceptors (Lipinski definition) is 4. The molecule has 2 amide bonds. The van der Waals surface area contributed by atoms with Gasteiger partial charge in [-0.25, -0.2) is 0 Å². The molecule has 136 valence electrons. The van der Waals surface area contributed by atoms with E-state index in [1.165, 1.54) is 11.3 Å². The number of rotatable bonds is 7. The molecule has 0 aliphatic carbocycles. The lowest BCUT2D eigenvalue weighted by Crippen LogP contribution is -2.27. The molecule has 0 spiro atoms. The standard InChI is InChI=1S/C21H19N3O2S/c25-20(9-12-23-21(26)17-10-13-27-15-17)24-19-6-3-4-16(14-19)7-8-18-5-1-2-11-22-18/h1-8,10-11,13-15H,9,12H2,(H,23,26)(H,24,25). The fraction of sp³-hybridized carbons (Fsp3) is 0.0952. The molecule has 0 fully saturated rings. The Morgan fingerprint density at radius 2 is 2.00 bits per heavy atom. The zero-order valence-corrected chi connectivity index (χ0v) is 15.4. The monoisotopic (exact) mass is 377 g/mol. The highest BCUT2D eigenvalue weighted by atomic mass is 32.1. The van der Waals surface area contributed by atoms with Gasteiger partial charge in [0.15, 0.2) is 0 Å². The molecule has 0 aliphatic rings. The molecule has 0 atom stereocenters. The third-order valence-corrected chi connectivity index (χ3v) is 4.41. The maximum atomic E-state index is 12.1. The molecular weight excluding hydrogens is 358 g/mol. The SMILES string of the molecule is O=C(CCNC(=O)c1ccsc1)Nc1cccc(C=Cc2ccccn2)c1. The normalized spacial score (nSPS) is 10.7. The number of amides is 2. The minimum atomic E-state index is -0.161. The Kier molecular flexibility index (Phi) is 6.49. The first-order valence-electron chi connectivity index (χ1n) is 8.50. The number of carbonyl (C=O) groups excluding carboxylic acids is 2. The van der Waals surface area contributed by atoms with Gasteiger partial charge in [0.1, 0.15) is 0 Å². The van der Waals surface area contributed by atoms with E-state index in [1.807, 2.05) is 60.0 Å². The Labute approximate surface area is 161 Å². The van der Waals surface area contributed by atoms with Gasteiger partial charge in [-0.3, -0.25) is 14.6 Å². The highest BCUT2D eigenvalue weighted by Crippen LogP contribution is 2.13. The Hall–Kier alpha value is -3.25. The number of nitrogens with one attached hydrogen (secondary N) is 2. The number of benzene rings is 1. The van der Waals surface area contributed by atoms with E-state index < -0.39 is 0 Å². The number of nitrogens with zero attached hydrogens (tertiary/aromatic N) is 1. The third-order valence-electron chi connectivity index (χ3n) is 3.73. The molecule has 0 saturated carbocycles. The Bertz CT molecular complexity index is 922. The predicted molar refractivity (Wildman–Crippen MR) is 110 cm³/mol. The third kappa shape index (κ3) is 5.90. The summed E-state index contributed by atoms with van der Waals surface area (Å²) in [5.74, 6) is -0.308. The van der Waals surface area contributed by atoms with E-state index in [9.17, 15) is 9.59 Å². The van der Waals surface area contributed by atoms with Crippen LogP contribution < -0.4 is 10.6 Å². The number of hydrogen-bond donors (Lipinski definition) is 2. The smallest absolute Gasteiger partial charge is 0.252 e. The van der Waals surface area contributed by atoms with E-state index in [-0.39, 0.29) is 18.2 Å². The summed E-state index contributed by atoms with van der Waals surface area (Å²) in [5.41, 5.74) is 3.16. The minimum Gasteiger partial charge on any atom is -0.351 e. The van der Waals surface area contributed by atoms with Crippen molar-refractivity contribution in [2.75, 3.05) is 11.9 Å².